The van der Waals surface area contributed by atoms with Gasteiger partial charge in [0, 0.05) is 12.5 Å². The number of aryl methyl sites for hydroxylation is 2. The Hall–Kier alpha value is -3.09. The van der Waals surface area contributed by atoms with Crippen molar-refractivity contribution in [3.05, 3.63) is 64.6 Å². The van der Waals surface area contributed by atoms with Gasteiger partial charge in [-0.3, -0.25) is 4.79 Å². The van der Waals surface area contributed by atoms with Gasteiger partial charge < -0.3 is 19.1 Å². The molecule has 1 N–H and O–H groups in total. The zero-order valence-electron chi connectivity index (χ0n) is 14.9. The minimum absolute atomic E-state index is 0.000304. The van der Waals surface area contributed by atoms with Gasteiger partial charge in [0.15, 0.2) is 0 Å². The Labute approximate surface area is 151 Å². The number of fused-ring (bicyclic) bond motifs is 1. The number of ether oxygens (including phenoxy) is 1. The summed E-state index contributed by atoms with van der Waals surface area (Å²) in [5.74, 6) is 1.28. The van der Waals surface area contributed by atoms with Crippen LogP contribution in [0.2, 0.25) is 0 Å². The second-order valence-corrected chi connectivity index (χ2v) is 6.48. The molecule has 0 bridgehead atoms. The number of aromatic amines is 1. The number of hydrogen-bond acceptors (Lipinski definition) is 5. The first kappa shape index (κ1) is 16.4. The first-order valence-corrected chi connectivity index (χ1v) is 8.46. The summed E-state index contributed by atoms with van der Waals surface area (Å²) in [6.07, 6.45) is 1.69. The molecule has 7 heteroatoms. The van der Waals surface area contributed by atoms with E-state index in [2.05, 4.69) is 15.1 Å². The highest BCUT2D eigenvalue weighted by Crippen LogP contribution is 2.33. The molecule has 1 unspecified atom stereocenters. The van der Waals surface area contributed by atoms with Crippen molar-refractivity contribution in [1.82, 2.24) is 20.0 Å². The van der Waals surface area contributed by atoms with E-state index in [0.29, 0.717) is 30.1 Å². The topological polar surface area (TPSA) is 84.2 Å². The van der Waals surface area contributed by atoms with Gasteiger partial charge in [-0.1, -0.05) is 17.3 Å². The summed E-state index contributed by atoms with van der Waals surface area (Å²) in [6, 6.07) is 7.89. The molecule has 0 saturated carbocycles. The molecular weight excluding hydrogens is 332 g/mol. The van der Waals surface area contributed by atoms with E-state index in [-0.39, 0.29) is 11.8 Å². The highest BCUT2D eigenvalue weighted by molar-refractivity contribution is 5.96. The predicted octanol–water partition coefficient (Wildman–Crippen LogP) is 2.81. The summed E-state index contributed by atoms with van der Waals surface area (Å²) in [5.41, 5.74) is 4.19. The zero-order chi connectivity index (χ0) is 18.3. The molecule has 0 fully saturated rings. The zero-order valence-corrected chi connectivity index (χ0v) is 14.9. The number of nitrogens with zero attached hydrogens (tertiary/aromatic N) is 3. The summed E-state index contributed by atoms with van der Waals surface area (Å²) >= 11 is 0. The molecule has 0 radical (unpaired) electrons. The van der Waals surface area contributed by atoms with E-state index in [4.69, 9.17) is 9.26 Å². The van der Waals surface area contributed by atoms with Crippen LogP contribution in [0.15, 0.2) is 35.1 Å². The van der Waals surface area contributed by atoms with Crippen LogP contribution in [0.25, 0.3) is 0 Å². The molecule has 1 aliphatic rings. The van der Waals surface area contributed by atoms with Crippen molar-refractivity contribution in [2.24, 2.45) is 0 Å². The summed E-state index contributed by atoms with van der Waals surface area (Å²) < 4.78 is 10.4. The van der Waals surface area contributed by atoms with E-state index in [0.717, 1.165) is 22.7 Å². The van der Waals surface area contributed by atoms with Gasteiger partial charge in [0.25, 0.3) is 5.91 Å². The second kappa shape index (κ2) is 6.33. The fourth-order valence-corrected chi connectivity index (χ4v) is 3.52. The van der Waals surface area contributed by atoms with E-state index in [1.807, 2.05) is 29.2 Å². The molecule has 0 spiro atoms. The van der Waals surface area contributed by atoms with E-state index < -0.39 is 0 Å². The van der Waals surface area contributed by atoms with Crippen LogP contribution >= 0.6 is 0 Å². The molecule has 134 valence electrons. The number of H-pyrrole nitrogens is 1. The normalized spacial score (nSPS) is 16.4. The van der Waals surface area contributed by atoms with Crippen molar-refractivity contribution < 1.29 is 14.1 Å². The number of carbonyl (C=O) groups is 1. The minimum atomic E-state index is -0.0694. The largest absolute Gasteiger partial charge is 0.497 e. The molecule has 7 nitrogen and oxygen atoms in total. The maximum absolute atomic E-state index is 13.1. The maximum Gasteiger partial charge on any atom is 0.259 e. The Morgan fingerprint density at radius 1 is 1.31 bits per heavy atom. The molecule has 1 amide bonds. The fraction of sp³-hybridized carbons (Fsp3) is 0.316. The standard InChI is InChI=1S/C19H20N4O3/c1-11-17(12(2)26-22-11)19(24)23-8-15(18-16(9-23)20-10-21-18)13-4-6-14(25-3)7-5-13/h4-7,10,15H,8-9H2,1-3H3,(H,20,21). The van der Waals surface area contributed by atoms with Crippen LogP contribution in [-0.2, 0) is 6.54 Å². The molecule has 4 rings (SSSR count). The van der Waals surface area contributed by atoms with Crippen molar-refractivity contribution in [3.8, 4) is 5.75 Å². The van der Waals surface area contributed by atoms with Crippen LogP contribution in [-0.4, -0.2) is 39.6 Å². The van der Waals surface area contributed by atoms with E-state index in [9.17, 15) is 4.79 Å². The fourth-order valence-electron chi connectivity index (χ4n) is 3.52. The molecule has 26 heavy (non-hydrogen) atoms. The Morgan fingerprint density at radius 2 is 2.08 bits per heavy atom. The van der Waals surface area contributed by atoms with Gasteiger partial charge in [-0.05, 0) is 31.5 Å². The third-order valence-electron chi connectivity index (χ3n) is 4.89. The summed E-state index contributed by atoms with van der Waals surface area (Å²) in [4.78, 5) is 22.6. The van der Waals surface area contributed by atoms with Crippen molar-refractivity contribution in [2.75, 3.05) is 13.7 Å². The van der Waals surface area contributed by atoms with Crippen molar-refractivity contribution >= 4 is 5.91 Å². The molecule has 1 aliphatic heterocycles. The summed E-state index contributed by atoms with van der Waals surface area (Å²) in [5, 5.41) is 3.91. The van der Waals surface area contributed by atoms with Crippen LogP contribution in [0.3, 0.4) is 0 Å². The van der Waals surface area contributed by atoms with E-state index in [1.54, 1.807) is 27.3 Å². The van der Waals surface area contributed by atoms with Crippen molar-refractivity contribution in [1.29, 1.82) is 0 Å². The lowest BCUT2D eigenvalue weighted by atomic mass is 9.90. The Morgan fingerprint density at radius 3 is 2.73 bits per heavy atom. The molecule has 0 saturated heterocycles. The monoisotopic (exact) mass is 352 g/mol. The summed E-state index contributed by atoms with van der Waals surface area (Å²) in [6.45, 7) is 4.59. The number of amides is 1. The van der Waals surface area contributed by atoms with Crippen LogP contribution in [0, 0.1) is 13.8 Å². The Bertz CT molecular complexity index is 923. The predicted molar refractivity (Wildman–Crippen MR) is 94.1 cm³/mol. The number of aromatic nitrogens is 3. The minimum Gasteiger partial charge on any atom is -0.497 e. The van der Waals surface area contributed by atoms with Gasteiger partial charge in [0.05, 0.1) is 37.1 Å². The van der Waals surface area contributed by atoms with Crippen LogP contribution in [0.4, 0.5) is 0 Å². The molecule has 3 heterocycles. The number of nitrogens with one attached hydrogen (secondary N) is 1. The molecule has 0 aliphatic carbocycles. The second-order valence-electron chi connectivity index (χ2n) is 6.48. The van der Waals surface area contributed by atoms with Crippen LogP contribution < -0.4 is 4.74 Å². The summed E-state index contributed by atoms with van der Waals surface area (Å²) in [7, 11) is 1.64. The Balaban J connectivity index is 1.69. The van der Waals surface area contributed by atoms with Gasteiger partial charge in [0.1, 0.15) is 17.1 Å². The third-order valence-corrected chi connectivity index (χ3v) is 4.89. The smallest absolute Gasteiger partial charge is 0.259 e. The first-order valence-electron chi connectivity index (χ1n) is 8.46. The van der Waals surface area contributed by atoms with E-state index in [1.165, 1.54) is 0 Å². The lowest BCUT2D eigenvalue weighted by Gasteiger charge is -2.32. The van der Waals surface area contributed by atoms with Crippen molar-refractivity contribution in [3.63, 3.8) is 0 Å². The SMILES string of the molecule is COc1ccc(C2CN(C(=O)c3c(C)noc3C)Cc3[nH]cnc32)cc1. The quantitative estimate of drug-likeness (QED) is 0.783. The molecule has 3 aromatic rings. The lowest BCUT2D eigenvalue weighted by molar-refractivity contribution is 0.0719. The van der Waals surface area contributed by atoms with Crippen LogP contribution in [0.5, 0.6) is 5.75 Å². The number of imidazole rings is 1. The highest BCUT2D eigenvalue weighted by Gasteiger charge is 2.33. The maximum atomic E-state index is 13.1. The molecule has 1 aromatic carbocycles. The number of methoxy groups -OCH3 is 1. The van der Waals surface area contributed by atoms with Gasteiger partial charge >= 0.3 is 0 Å². The third kappa shape index (κ3) is 2.65. The van der Waals surface area contributed by atoms with Gasteiger partial charge in [0.2, 0.25) is 0 Å². The van der Waals surface area contributed by atoms with E-state index >= 15 is 0 Å². The lowest BCUT2D eigenvalue weighted by Crippen LogP contribution is -2.39. The average molecular weight is 352 g/mol. The number of benzene rings is 1. The van der Waals surface area contributed by atoms with Gasteiger partial charge in [-0.15, -0.1) is 0 Å². The first-order chi connectivity index (χ1) is 12.6. The number of hydrogen-bond donors (Lipinski definition) is 1. The van der Waals surface area contributed by atoms with Gasteiger partial charge in [-0.25, -0.2) is 4.98 Å². The number of carbonyl (C=O) groups excluding carboxylic acids is 1. The number of rotatable bonds is 3. The molecular formula is C19H20N4O3. The van der Waals surface area contributed by atoms with Crippen molar-refractivity contribution in [2.45, 2.75) is 26.3 Å². The highest BCUT2D eigenvalue weighted by atomic mass is 16.5. The average Bonchev–Trinajstić information content (AvgIpc) is 3.26. The molecule has 2 aromatic heterocycles. The van der Waals surface area contributed by atoms with Crippen LogP contribution in [0.1, 0.15) is 44.7 Å². The Kier molecular flexibility index (Phi) is 3.99. The van der Waals surface area contributed by atoms with Gasteiger partial charge in [-0.2, -0.15) is 0 Å². The molecule has 1 atom stereocenters.